The van der Waals surface area contributed by atoms with Gasteiger partial charge in [-0.25, -0.2) is 0 Å². The predicted octanol–water partition coefficient (Wildman–Crippen LogP) is 2.72. The monoisotopic (exact) mass is 210 g/mol. The SMILES string of the molecule is C[Si](C)(C)OC(=O)C12C=CC(CC1)C2. The predicted molar refractivity (Wildman–Crippen MR) is 58.4 cm³/mol. The van der Waals surface area contributed by atoms with Crippen LogP contribution in [0.15, 0.2) is 12.2 Å². The van der Waals surface area contributed by atoms with Gasteiger partial charge in [0.2, 0.25) is 8.32 Å². The first kappa shape index (κ1) is 9.96. The maximum Gasteiger partial charge on any atom is 0.302 e. The zero-order valence-electron chi connectivity index (χ0n) is 9.17. The highest BCUT2D eigenvalue weighted by Crippen LogP contribution is 2.50. The molecule has 2 rings (SSSR count). The highest BCUT2D eigenvalue weighted by molar-refractivity contribution is 6.71. The van der Waals surface area contributed by atoms with Gasteiger partial charge in [0.05, 0.1) is 5.41 Å². The van der Waals surface area contributed by atoms with Crippen molar-refractivity contribution >= 4 is 14.3 Å². The summed E-state index contributed by atoms with van der Waals surface area (Å²) in [6.07, 6.45) is 7.43. The minimum Gasteiger partial charge on any atom is -0.519 e. The topological polar surface area (TPSA) is 26.3 Å². The van der Waals surface area contributed by atoms with Crippen molar-refractivity contribution in [2.24, 2.45) is 11.3 Å². The van der Waals surface area contributed by atoms with E-state index in [-0.39, 0.29) is 11.4 Å². The van der Waals surface area contributed by atoms with Crippen LogP contribution in [0.5, 0.6) is 0 Å². The number of carbonyl (C=O) groups is 1. The van der Waals surface area contributed by atoms with Gasteiger partial charge in [0.15, 0.2) is 0 Å². The van der Waals surface area contributed by atoms with Gasteiger partial charge >= 0.3 is 5.97 Å². The lowest BCUT2D eigenvalue weighted by Gasteiger charge is -2.27. The van der Waals surface area contributed by atoms with Gasteiger partial charge in [-0.15, -0.1) is 0 Å². The van der Waals surface area contributed by atoms with Gasteiger partial charge in [0.1, 0.15) is 0 Å². The molecule has 0 spiro atoms. The number of fused-ring (bicyclic) bond motifs is 2. The fourth-order valence-electron chi connectivity index (χ4n) is 2.38. The van der Waals surface area contributed by atoms with Crippen LogP contribution in [0.3, 0.4) is 0 Å². The van der Waals surface area contributed by atoms with E-state index >= 15 is 0 Å². The molecule has 78 valence electrons. The molecule has 0 aliphatic heterocycles. The Morgan fingerprint density at radius 1 is 1.50 bits per heavy atom. The molecule has 0 aromatic rings. The third-order valence-corrected chi connectivity index (χ3v) is 3.88. The lowest BCUT2D eigenvalue weighted by molar-refractivity contribution is -0.143. The number of carbonyl (C=O) groups excluding carboxylic acids is 1. The summed E-state index contributed by atoms with van der Waals surface area (Å²) < 4.78 is 5.59. The molecule has 0 aromatic carbocycles. The van der Waals surface area contributed by atoms with Gasteiger partial charge in [-0.3, -0.25) is 4.79 Å². The second kappa shape index (κ2) is 2.96. The summed E-state index contributed by atoms with van der Waals surface area (Å²) >= 11 is 0. The number of hydrogen-bond acceptors (Lipinski definition) is 2. The molecule has 0 saturated heterocycles. The Bertz CT molecular complexity index is 290. The maximum absolute atomic E-state index is 12.0. The Morgan fingerprint density at radius 2 is 2.21 bits per heavy atom. The van der Waals surface area contributed by atoms with Crippen LogP contribution in [0.2, 0.25) is 19.6 Å². The van der Waals surface area contributed by atoms with Crippen molar-refractivity contribution in [1.82, 2.24) is 0 Å². The Kier molecular flexibility index (Phi) is 2.10. The summed E-state index contributed by atoms with van der Waals surface area (Å²) in [6, 6.07) is 0. The number of rotatable bonds is 2. The van der Waals surface area contributed by atoms with Crippen molar-refractivity contribution in [3.63, 3.8) is 0 Å². The average molecular weight is 210 g/mol. The van der Waals surface area contributed by atoms with Gasteiger partial charge in [-0.05, 0) is 44.8 Å². The van der Waals surface area contributed by atoms with E-state index in [4.69, 9.17) is 4.43 Å². The number of hydrogen-bond donors (Lipinski definition) is 0. The van der Waals surface area contributed by atoms with Gasteiger partial charge in [-0.2, -0.15) is 0 Å². The Balaban J connectivity index is 2.09. The first-order chi connectivity index (χ1) is 6.41. The minimum absolute atomic E-state index is 0.0351. The fourth-order valence-corrected chi connectivity index (χ4v) is 3.14. The molecule has 1 saturated carbocycles. The minimum atomic E-state index is -1.72. The van der Waals surface area contributed by atoms with Gasteiger partial charge in [0, 0.05) is 0 Å². The third kappa shape index (κ3) is 1.65. The molecule has 0 aromatic heterocycles. The molecular weight excluding hydrogens is 192 g/mol. The lowest BCUT2D eigenvalue weighted by atomic mass is 9.88. The molecule has 2 bridgehead atoms. The summed E-state index contributed by atoms with van der Waals surface area (Å²) in [5, 5.41) is 0. The zero-order valence-corrected chi connectivity index (χ0v) is 10.2. The van der Waals surface area contributed by atoms with Crippen LogP contribution in [-0.2, 0) is 9.22 Å². The van der Waals surface area contributed by atoms with Crippen molar-refractivity contribution in [3.05, 3.63) is 12.2 Å². The first-order valence-corrected chi connectivity index (χ1v) is 8.75. The van der Waals surface area contributed by atoms with E-state index in [0.29, 0.717) is 5.92 Å². The molecule has 2 nitrogen and oxygen atoms in total. The van der Waals surface area contributed by atoms with Crippen molar-refractivity contribution < 1.29 is 9.22 Å². The van der Waals surface area contributed by atoms with Crippen molar-refractivity contribution in [2.75, 3.05) is 0 Å². The standard InChI is InChI=1S/C11H18O2Si/c1-14(2,3)13-10(12)11-6-4-9(8-11)5-7-11/h4,6,9H,5,7-8H2,1-3H3. The molecule has 0 amide bonds. The van der Waals surface area contributed by atoms with E-state index in [1.54, 1.807) is 0 Å². The fraction of sp³-hybridized carbons (Fsp3) is 0.727. The molecule has 1 fully saturated rings. The van der Waals surface area contributed by atoms with E-state index in [2.05, 4.69) is 31.8 Å². The van der Waals surface area contributed by atoms with Crippen molar-refractivity contribution in [2.45, 2.75) is 38.9 Å². The smallest absolute Gasteiger partial charge is 0.302 e. The second-order valence-corrected chi connectivity index (χ2v) is 9.95. The normalized spacial score (nSPS) is 34.9. The summed E-state index contributed by atoms with van der Waals surface area (Å²) in [7, 11) is -1.72. The quantitative estimate of drug-likeness (QED) is 0.517. The van der Waals surface area contributed by atoms with Crippen LogP contribution in [0.25, 0.3) is 0 Å². The molecule has 2 atom stereocenters. The Labute approximate surface area is 86.5 Å². The number of allylic oxidation sites excluding steroid dienone is 1. The Morgan fingerprint density at radius 3 is 2.57 bits per heavy atom. The van der Waals surface area contributed by atoms with E-state index in [9.17, 15) is 4.79 Å². The largest absolute Gasteiger partial charge is 0.519 e. The first-order valence-electron chi connectivity index (χ1n) is 5.34. The maximum atomic E-state index is 12.0. The van der Waals surface area contributed by atoms with Crippen LogP contribution in [-0.4, -0.2) is 14.3 Å². The summed E-state index contributed by atoms with van der Waals surface area (Å²) in [4.78, 5) is 12.0. The summed E-state index contributed by atoms with van der Waals surface area (Å²) in [6.45, 7) is 6.19. The van der Waals surface area contributed by atoms with Gasteiger partial charge in [-0.1, -0.05) is 12.2 Å². The molecule has 14 heavy (non-hydrogen) atoms. The molecule has 3 heteroatoms. The molecule has 0 N–H and O–H groups in total. The van der Waals surface area contributed by atoms with E-state index in [1.807, 2.05) is 0 Å². The van der Waals surface area contributed by atoms with E-state index in [0.717, 1.165) is 19.3 Å². The van der Waals surface area contributed by atoms with E-state index in [1.165, 1.54) is 0 Å². The van der Waals surface area contributed by atoms with Crippen LogP contribution in [0.1, 0.15) is 19.3 Å². The highest BCUT2D eigenvalue weighted by atomic mass is 28.4. The van der Waals surface area contributed by atoms with Crippen LogP contribution < -0.4 is 0 Å². The van der Waals surface area contributed by atoms with Crippen molar-refractivity contribution in [1.29, 1.82) is 0 Å². The van der Waals surface area contributed by atoms with E-state index < -0.39 is 8.32 Å². The summed E-state index contributed by atoms with van der Waals surface area (Å²) in [5.41, 5.74) is -0.231. The Hall–Kier alpha value is -0.573. The summed E-state index contributed by atoms with van der Waals surface area (Å²) in [5.74, 6) is 0.678. The third-order valence-electron chi connectivity index (χ3n) is 3.08. The van der Waals surface area contributed by atoms with Crippen molar-refractivity contribution in [3.8, 4) is 0 Å². The second-order valence-electron chi connectivity index (χ2n) is 5.52. The molecule has 2 aliphatic carbocycles. The molecular formula is C11H18O2Si. The van der Waals surface area contributed by atoms with Gasteiger partial charge in [0.25, 0.3) is 0 Å². The molecule has 0 radical (unpaired) electrons. The van der Waals surface area contributed by atoms with Crippen LogP contribution in [0, 0.1) is 11.3 Å². The highest BCUT2D eigenvalue weighted by Gasteiger charge is 2.48. The van der Waals surface area contributed by atoms with Gasteiger partial charge < -0.3 is 4.43 Å². The van der Waals surface area contributed by atoms with Crippen LogP contribution >= 0.6 is 0 Å². The lowest BCUT2D eigenvalue weighted by Crippen LogP contribution is -2.37. The zero-order chi connectivity index (χ0) is 10.4. The van der Waals surface area contributed by atoms with Crippen LogP contribution in [0.4, 0.5) is 0 Å². The molecule has 0 heterocycles. The molecule has 2 aliphatic rings. The molecule has 2 unspecified atom stereocenters. The average Bonchev–Trinajstić information content (AvgIpc) is 2.60.